The monoisotopic (exact) mass is 179 g/mol. The molecule has 1 aromatic rings. The fourth-order valence-corrected chi connectivity index (χ4v) is 1.99. The van der Waals surface area contributed by atoms with Gasteiger partial charge in [0.05, 0.1) is 5.69 Å². The molecule has 3 heteroatoms. The molecular weight excluding hydrogens is 162 g/mol. The van der Waals surface area contributed by atoms with E-state index >= 15 is 0 Å². The molecule has 0 spiro atoms. The van der Waals surface area contributed by atoms with Gasteiger partial charge in [0.2, 0.25) is 0 Å². The lowest BCUT2D eigenvalue weighted by molar-refractivity contribution is 0.104. The van der Waals surface area contributed by atoms with Crippen molar-refractivity contribution in [1.29, 1.82) is 0 Å². The van der Waals surface area contributed by atoms with Crippen LogP contribution in [0.3, 0.4) is 0 Å². The van der Waals surface area contributed by atoms with Crippen LogP contribution >= 0.6 is 0 Å². The van der Waals surface area contributed by atoms with Gasteiger partial charge >= 0.3 is 0 Å². The largest absolute Gasteiger partial charge is 0.298 e. The van der Waals surface area contributed by atoms with E-state index in [-0.39, 0.29) is 0 Å². The van der Waals surface area contributed by atoms with E-state index in [0.717, 1.165) is 18.2 Å². The molecule has 0 saturated carbocycles. The molecule has 0 aromatic carbocycles. The van der Waals surface area contributed by atoms with Gasteiger partial charge in [0.1, 0.15) is 0 Å². The van der Waals surface area contributed by atoms with Crippen LogP contribution in [0.2, 0.25) is 0 Å². The van der Waals surface area contributed by atoms with Crippen molar-refractivity contribution in [1.82, 2.24) is 15.1 Å². The van der Waals surface area contributed by atoms with Crippen LogP contribution < -0.4 is 0 Å². The molecule has 1 fully saturated rings. The molecular formula is C10H17N3. The van der Waals surface area contributed by atoms with Crippen LogP contribution in [0.4, 0.5) is 0 Å². The van der Waals surface area contributed by atoms with Crippen LogP contribution in [-0.4, -0.2) is 28.2 Å². The molecule has 13 heavy (non-hydrogen) atoms. The lowest BCUT2D eigenvalue weighted by atomic mass is 10.0. The molecule has 1 N–H and O–H groups in total. The molecule has 1 saturated heterocycles. The van der Waals surface area contributed by atoms with Crippen molar-refractivity contribution < 1.29 is 0 Å². The first-order valence-electron chi connectivity index (χ1n) is 4.89. The zero-order chi connectivity index (χ0) is 9.42. The summed E-state index contributed by atoms with van der Waals surface area (Å²) in [5, 5.41) is 7.22. The van der Waals surface area contributed by atoms with E-state index in [0.29, 0.717) is 0 Å². The molecule has 0 aliphatic carbocycles. The Morgan fingerprint density at radius 3 is 2.62 bits per heavy atom. The van der Waals surface area contributed by atoms with Crippen LogP contribution in [0.25, 0.3) is 0 Å². The van der Waals surface area contributed by atoms with Crippen molar-refractivity contribution in [2.45, 2.75) is 27.3 Å². The molecule has 0 atom stereocenters. The van der Waals surface area contributed by atoms with Gasteiger partial charge in [0, 0.05) is 30.9 Å². The van der Waals surface area contributed by atoms with Crippen molar-refractivity contribution in [2.24, 2.45) is 5.92 Å². The first kappa shape index (κ1) is 8.75. The second-order valence-corrected chi connectivity index (χ2v) is 4.21. The fraction of sp³-hybridized carbons (Fsp3) is 0.700. The molecule has 0 bridgehead atoms. The summed E-state index contributed by atoms with van der Waals surface area (Å²) in [6, 6.07) is 0. The summed E-state index contributed by atoms with van der Waals surface area (Å²) < 4.78 is 0. The molecule has 2 heterocycles. The van der Waals surface area contributed by atoms with E-state index < -0.39 is 0 Å². The second kappa shape index (κ2) is 3.14. The van der Waals surface area contributed by atoms with Gasteiger partial charge in [-0.3, -0.25) is 10.00 Å². The van der Waals surface area contributed by atoms with Crippen LogP contribution in [-0.2, 0) is 6.54 Å². The molecule has 72 valence electrons. The zero-order valence-corrected chi connectivity index (χ0v) is 8.59. The quantitative estimate of drug-likeness (QED) is 0.745. The summed E-state index contributed by atoms with van der Waals surface area (Å²) >= 11 is 0. The van der Waals surface area contributed by atoms with Crippen molar-refractivity contribution in [2.75, 3.05) is 13.1 Å². The van der Waals surface area contributed by atoms with Gasteiger partial charge in [-0.1, -0.05) is 6.92 Å². The minimum absolute atomic E-state index is 0.882. The highest BCUT2D eigenvalue weighted by Crippen LogP contribution is 2.20. The SMILES string of the molecule is Cc1n[nH]c(C)c1CN1CC(C)C1. The van der Waals surface area contributed by atoms with Crippen molar-refractivity contribution in [3.05, 3.63) is 17.0 Å². The maximum atomic E-state index is 4.19. The highest BCUT2D eigenvalue weighted by Gasteiger charge is 2.23. The number of likely N-dealkylation sites (tertiary alicyclic amines) is 1. The summed E-state index contributed by atoms with van der Waals surface area (Å²) in [4.78, 5) is 2.47. The summed E-state index contributed by atoms with van der Waals surface area (Å²) in [5.41, 5.74) is 3.75. The van der Waals surface area contributed by atoms with Gasteiger partial charge in [-0.2, -0.15) is 5.10 Å². The molecule has 0 unspecified atom stereocenters. The van der Waals surface area contributed by atoms with Gasteiger partial charge in [-0.25, -0.2) is 0 Å². The Bertz CT molecular complexity index is 278. The van der Waals surface area contributed by atoms with Gasteiger partial charge in [0.15, 0.2) is 0 Å². The predicted molar refractivity (Wildman–Crippen MR) is 52.5 cm³/mol. The highest BCUT2D eigenvalue weighted by atomic mass is 15.2. The van der Waals surface area contributed by atoms with Crippen LogP contribution in [0.15, 0.2) is 0 Å². The zero-order valence-electron chi connectivity index (χ0n) is 8.59. The number of aromatic amines is 1. The van der Waals surface area contributed by atoms with E-state index in [9.17, 15) is 0 Å². The van der Waals surface area contributed by atoms with Crippen molar-refractivity contribution >= 4 is 0 Å². The van der Waals surface area contributed by atoms with Crippen LogP contribution in [0.1, 0.15) is 23.9 Å². The number of H-pyrrole nitrogens is 1. The first-order valence-corrected chi connectivity index (χ1v) is 4.89. The summed E-state index contributed by atoms with van der Waals surface area (Å²) in [7, 11) is 0. The summed E-state index contributed by atoms with van der Waals surface area (Å²) in [6.45, 7) is 10.0. The smallest absolute Gasteiger partial charge is 0.0639 e. The number of nitrogens with one attached hydrogen (secondary N) is 1. The predicted octanol–water partition coefficient (Wildman–Crippen LogP) is 1.48. The summed E-state index contributed by atoms with van der Waals surface area (Å²) in [5.74, 6) is 0.882. The standard InChI is InChI=1S/C10H17N3/c1-7-4-13(5-7)6-10-8(2)11-12-9(10)3/h7H,4-6H2,1-3H3,(H,11,12). The first-order chi connectivity index (χ1) is 6.16. The average Bonchev–Trinajstić information content (AvgIpc) is 2.32. The van der Waals surface area contributed by atoms with Crippen LogP contribution in [0, 0.1) is 19.8 Å². The third kappa shape index (κ3) is 1.61. The Hall–Kier alpha value is -0.830. The normalized spacial score (nSPS) is 19.0. The van der Waals surface area contributed by atoms with E-state index in [4.69, 9.17) is 0 Å². The Kier molecular flexibility index (Phi) is 2.12. The van der Waals surface area contributed by atoms with E-state index in [1.54, 1.807) is 0 Å². The van der Waals surface area contributed by atoms with E-state index in [1.165, 1.54) is 24.3 Å². The van der Waals surface area contributed by atoms with Gasteiger partial charge < -0.3 is 0 Å². The number of nitrogens with zero attached hydrogens (tertiary/aromatic N) is 2. The Morgan fingerprint density at radius 1 is 1.46 bits per heavy atom. The number of rotatable bonds is 2. The molecule has 1 aliphatic rings. The summed E-state index contributed by atoms with van der Waals surface area (Å²) in [6.07, 6.45) is 0. The third-order valence-electron chi connectivity index (χ3n) is 2.80. The van der Waals surface area contributed by atoms with Gasteiger partial charge in [-0.05, 0) is 19.8 Å². The Labute approximate surface area is 79.1 Å². The second-order valence-electron chi connectivity index (χ2n) is 4.21. The third-order valence-corrected chi connectivity index (χ3v) is 2.80. The lowest BCUT2D eigenvalue weighted by Crippen LogP contribution is -2.44. The minimum Gasteiger partial charge on any atom is -0.298 e. The fourth-order valence-electron chi connectivity index (χ4n) is 1.99. The molecule has 3 nitrogen and oxygen atoms in total. The topological polar surface area (TPSA) is 31.9 Å². The Balaban J connectivity index is 2.01. The average molecular weight is 179 g/mol. The number of hydrogen-bond acceptors (Lipinski definition) is 2. The number of aromatic nitrogens is 2. The van der Waals surface area contributed by atoms with Crippen molar-refractivity contribution in [3.8, 4) is 0 Å². The van der Waals surface area contributed by atoms with Crippen LogP contribution in [0.5, 0.6) is 0 Å². The van der Waals surface area contributed by atoms with E-state index in [2.05, 4.69) is 35.9 Å². The number of hydrogen-bond donors (Lipinski definition) is 1. The molecule has 2 rings (SSSR count). The van der Waals surface area contributed by atoms with Gasteiger partial charge in [0.25, 0.3) is 0 Å². The molecule has 0 amide bonds. The maximum Gasteiger partial charge on any atom is 0.0639 e. The minimum atomic E-state index is 0.882. The number of aryl methyl sites for hydroxylation is 2. The van der Waals surface area contributed by atoms with E-state index in [1.807, 2.05) is 0 Å². The van der Waals surface area contributed by atoms with Gasteiger partial charge in [-0.15, -0.1) is 0 Å². The maximum absolute atomic E-state index is 4.19. The molecule has 1 aliphatic heterocycles. The highest BCUT2D eigenvalue weighted by molar-refractivity contribution is 5.23. The molecule has 1 aromatic heterocycles. The van der Waals surface area contributed by atoms with Crippen molar-refractivity contribution in [3.63, 3.8) is 0 Å². The molecule has 0 radical (unpaired) electrons. The Morgan fingerprint density at radius 2 is 2.15 bits per heavy atom. The lowest BCUT2D eigenvalue weighted by Gasteiger charge is -2.37.